The predicted molar refractivity (Wildman–Crippen MR) is 77.2 cm³/mol. The standard InChI is InChI=1S/C15H27N3O2/c1-3-19-11-15(2,16)14-17-13(20-18-14)10-12-8-6-4-5-7-9-12/h12H,3-11,16H2,1-2H3. The number of nitrogens with two attached hydrogens (primary N) is 1. The zero-order chi connectivity index (χ0) is 14.4. The highest BCUT2D eigenvalue weighted by atomic mass is 16.5. The first-order valence-corrected chi connectivity index (χ1v) is 7.81. The van der Waals surface area contributed by atoms with E-state index in [0.717, 1.165) is 12.3 Å². The van der Waals surface area contributed by atoms with Crippen molar-refractivity contribution >= 4 is 0 Å². The Hall–Kier alpha value is -0.940. The maximum absolute atomic E-state index is 6.19. The molecule has 0 spiro atoms. The summed E-state index contributed by atoms with van der Waals surface area (Å²) in [6, 6.07) is 0. The molecule has 1 aromatic rings. The molecular formula is C15H27N3O2. The topological polar surface area (TPSA) is 74.2 Å². The van der Waals surface area contributed by atoms with Crippen molar-refractivity contribution in [2.45, 2.75) is 64.3 Å². The summed E-state index contributed by atoms with van der Waals surface area (Å²) >= 11 is 0. The number of hydrogen-bond acceptors (Lipinski definition) is 5. The number of nitrogens with zero attached hydrogens (tertiary/aromatic N) is 2. The minimum absolute atomic E-state index is 0.409. The van der Waals surface area contributed by atoms with Crippen LogP contribution >= 0.6 is 0 Å². The molecule has 0 saturated heterocycles. The van der Waals surface area contributed by atoms with Gasteiger partial charge in [-0.3, -0.25) is 0 Å². The molecular weight excluding hydrogens is 254 g/mol. The third-order valence-electron chi connectivity index (χ3n) is 4.02. The molecule has 0 aromatic carbocycles. The van der Waals surface area contributed by atoms with Crippen LogP contribution < -0.4 is 5.73 Å². The molecule has 0 aliphatic heterocycles. The van der Waals surface area contributed by atoms with E-state index < -0.39 is 5.54 Å². The average Bonchev–Trinajstić information content (AvgIpc) is 2.75. The van der Waals surface area contributed by atoms with Crippen LogP contribution in [-0.4, -0.2) is 23.4 Å². The lowest BCUT2D eigenvalue weighted by Crippen LogP contribution is -2.39. The van der Waals surface area contributed by atoms with Gasteiger partial charge < -0.3 is 15.0 Å². The van der Waals surface area contributed by atoms with E-state index in [2.05, 4.69) is 10.1 Å². The Bertz CT molecular complexity index is 396. The lowest BCUT2D eigenvalue weighted by Gasteiger charge is -2.19. The molecule has 1 fully saturated rings. The van der Waals surface area contributed by atoms with E-state index in [1.165, 1.54) is 38.5 Å². The molecule has 114 valence electrons. The van der Waals surface area contributed by atoms with Gasteiger partial charge in [0.1, 0.15) is 5.54 Å². The summed E-state index contributed by atoms with van der Waals surface area (Å²) in [4.78, 5) is 4.48. The average molecular weight is 281 g/mol. The van der Waals surface area contributed by atoms with Gasteiger partial charge in [-0.1, -0.05) is 30.8 Å². The molecule has 0 amide bonds. The fraction of sp³-hybridized carbons (Fsp3) is 0.867. The van der Waals surface area contributed by atoms with Crippen molar-refractivity contribution in [3.63, 3.8) is 0 Å². The fourth-order valence-electron chi connectivity index (χ4n) is 2.76. The van der Waals surface area contributed by atoms with Crippen molar-refractivity contribution < 1.29 is 9.26 Å². The summed E-state index contributed by atoms with van der Waals surface area (Å²) in [5, 5.41) is 4.04. The van der Waals surface area contributed by atoms with Crippen molar-refractivity contribution in [2.24, 2.45) is 11.7 Å². The van der Waals surface area contributed by atoms with Gasteiger partial charge in [-0.15, -0.1) is 0 Å². The first kappa shape index (κ1) is 15.4. The molecule has 2 rings (SSSR count). The normalized spacial score (nSPS) is 20.6. The summed E-state index contributed by atoms with van der Waals surface area (Å²) in [5.74, 6) is 1.95. The van der Waals surface area contributed by atoms with E-state index in [1.54, 1.807) is 0 Å². The zero-order valence-corrected chi connectivity index (χ0v) is 12.7. The van der Waals surface area contributed by atoms with Gasteiger partial charge in [0.15, 0.2) is 5.82 Å². The number of aromatic nitrogens is 2. The van der Waals surface area contributed by atoms with E-state index >= 15 is 0 Å². The van der Waals surface area contributed by atoms with Gasteiger partial charge in [0.25, 0.3) is 0 Å². The maximum atomic E-state index is 6.19. The molecule has 1 aromatic heterocycles. The minimum atomic E-state index is -0.679. The van der Waals surface area contributed by atoms with Crippen molar-refractivity contribution in [1.82, 2.24) is 10.1 Å². The smallest absolute Gasteiger partial charge is 0.226 e. The minimum Gasteiger partial charge on any atom is -0.379 e. The van der Waals surface area contributed by atoms with Crippen LogP contribution in [0.3, 0.4) is 0 Å². The quantitative estimate of drug-likeness (QED) is 0.812. The second-order valence-corrected chi connectivity index (χ2v) is 6.13. The Morgan fingerprint density at radius 1 is 1.30 bits per heavy atom. The van der Waals surface area contributed by atoms with Gasteiger partial charge in [-0.2, -0.15) is 4.98 Å². The van der Waals surface area contributed by atoms with Gasteiger partial charge >= 0.3 is 0 Å². The van der Waals surface area contributed by atoms with Gasteiger partial charge in [0.2, 0.25) is 5.89 Å². The van der Waals surface area contributed by atoms with Gasteiger partial charge in [0, 0.05) is 13.0 Å². The summed E-state index contributed by atoms with van der Waals surface area (Å²) < 4.78 is 10.8. The molecule has 1 unspecified atom stereocenters. The molecule has 1 aliphatic rings. The fourth-order valence-corrected chi connectivity index (χ4v) is 2.76. The Kier molecular flexibility index (Phi) is 5.54. The van der Waals surface area contributed by atoms with Crippen molar-refractivity contribution in [3.05, 3.63) is 11.7 Å². The van der Waals surface area contributed by atoms with Crippen LogP contribution in [-0.2, 0) is 16.7 Å². The van der Waals surface area contributed by atoms with Crippen LogP contribution in [0.1, 0.15) is 64.1 Å². The molecule has 1 heterocycles. The van der Waals surface area contributed by atoms with Gasteiger partial charge in [-0.25, -0.2) is 0 Å². The number of hydrogen-bond donors (Lipinski definition) is 1. The van der Waals surface area contributed by atoms with E-state index in [0.29, 0.717) is 25.0 Å². The van der Waals surface area contributed by atoms with Crippen LogP contribution in [0.25, 0.3) is 0 Å². The summed E-state index contributed by atoms with van der Waals surface area (Å²) in [5.41, 5.74) is 5.51. The SMILES string of the molecule is CCOCC(C)(N)c1noc(CC2CCCCCC2)n1. The third kappa shape index (κ3) is 4.28. The third-order valence-corrected chi connectivity index (χ3v) is 4.02. The highest BCUT2D eigenvalue weighted by molar-refractivity contribution is 5.02. The molecule has 2 N–H and O–H groups in total. The Balaban J connectivity index is 1.94. The van der Waals surface area contributed by atoms with Crippen LogP contribution in [0.5, 0.6) is 0 Å². The Morgan fingerprint density at radius 2 is 2.00 bits per heavy atom. The van der Waals surface area contributed by atoms with Crippen molar-refractivity contribution in [2.75, 3.05) is 13.2 Å². The molecule has 1 aliphatic carbocycles. The van der Waals surface area contributed by atoms with Crippen molar-refractivity contribution in [1.29, 1.82) is 0 Å². The van der Waals surface area contributed by atoms with E-state index in [1.807, 2.05) is 13.8 Å². The van der Waals surface area contributed by atoms with Crippen LogP contribution in [0.4, 0.5) is 0 Å². The lowest BCUT2D eigenvalue weighted by molar-refractivity contribution is 0.0962. The van der Waals surface area contributed by atoms with Gasteiger partial charge in [0.05, 0.1) is 6.61 Å². The van der Waals surface area contributed by atoms with Crippen molar-refractivity contribution in [3.8, 4) is 0 Å². The van der Waals surface area contributed by atoms with E-state index in [-0.39, 0.29) is 0 Å². The number of ether oxygens (including phenoxy) is 1. The summed E-state index contributed by atoms with van der Waals surface area (Å²) in [7, 11) is 0. The highest BCUT2D eigenvalue weighted by Crippen LogP contribution is 2.26. The number of rotatable bonds is 6. The molecule has 5 nitrogen and oxygen atoms in total. The molecule has 0 radical (unpaired) electrons. The summed E-state index contributed by atoms with van der Waals surface area (Å²) in [6.07, 6.45) is 8.81. The second kappa shape index (κ2) is 7.18. The first-order chi connectivity index (χ1) is 9.62. The van der Waals surface area contributed by atoms with Gasteiger partial charge in [-0.05, 0) is 32.6 Å². The van der Waals surface area contributed by atoms with E-state index in [9.17, 15) is 0 Å². The monoisotopic (exact) mass is 281 g/mol. The highest BCUT2D eigenvalue weighted by Gasteiger charge is 2.28. The van der Waals surface area contributed by atoms with E-state index in [4.69, 9.17) is 15.0 Å². The zero-order valence-electron chi connectivity index (χ0n) is 12.7. The van der Waals surface area contributed by atoms with Crippen LogP contribution in [0, 0.1) is 5.92 Å². The second-order valence-electron chi connectivity index (χ2n) is 6.13. The van der Waals surface area contributed by atoms with Crippen LogP contribution in [0.2, 0.25) is 0 Å². The first-order valence-electron chi connectivity index (χ1n) is 7.81. The Labute approximate surface area is 121 Å². The summed E-state index contributed by atoms with van der Waals surface area (Å²) in [6.45, 7) is 4.87. The van der Waals surface area contributed by atoms with Crippen LogP contribution in [0.15, 0.2) is 4.52 Å². The molecule has 1 atom stereocenters. The molecule has 20 heavy (non-hydrogen) atoms. The maximum Gasteiger partial charge on any atom is 0.226 e. The lowest BCUT2D eigenvalue weighted by atomic mass is 9.97. The predicted octanol–water partition coefficient (Wildman–Crippen LogP) is 2.79. The molecule has 5 heteroatoms. The largest absolute Gasteiger partial charge is 0.379 e. The Morgan fingerprint density at radius 3 is 2.65 bits per heavy atom. The molecule has 1 saturated carbocycles. The molecule has 0 bridgehead atoms.